The van der Waals surface area contributed by atoms with Gasteiger partial charge < -0.3 is 4.74 Å². The minimum absolute atomic E-state index is 0.532. The van der Waals surface area contributed by atoms with Crippen molar-refractivity contribution in [2.45, 2.75) is 39.0 Å². The highest BCUT2D eigenvalue weighted by molar-refractivity contribution is 5.40. The molecule has 2 nitrogen and oxygen atoms in total. The van der Waals surface area contributed by atoms with Gasteiger partial charge in [0.15, 0.2) is 0 Å². The van der Waals surface area contributed by atoms with Gasteiger partial charge in [0, 0.05) is 6.42 Å². The molecule has 0 amide bonds. The van der Waals surface area contributed by atoms with E-state index in [0.29, 0.717) is 6.47 Å². The van der Waals surface area contributed by atoms with Crippen LogP contribution >= 0.6 is 0 Å². The van der Waals surface area contributed by atoms with Crippen molar-refractivity contribution in [3.8, 4) is 0 Å². The summed E-state index contributed by atoms with van der Waals surface area (Å²) in [4.78, 5) is 10.1. The average molecular weight is 154 g/mol. The van der Waals surface area contributed by atoms with Crippen LogP contribution < -0.4 is 0 Å². The molecule has 0 radical (unpaired) electrons. The summed E-state index contributed by atoms with van der Waals surface area (Å²) >= 11 is 0. The van der Waals surface area contributed by atoms with Crippen LogP contribution in [0.25, 0.3) is 0 Å². The number of hydrogen-bond donors (Lipinski definition) is 0. The molecule has 0 aromatic carbocycles. The summed E-state index contributed by atoms with van der Waals surface area (Å²) < 4.78 is 4.87. The smallest absolute Gasteiger partial charge is 0.298 e. The molecule has 0 bridgehead atoms. The predicted octanol–water partition coefficient (Wildman–Crippen LogP) is 2.40. The van der Waals surface area contributed by atoms with Gasteiger partial charge >= 0.3 is 0 Å². The van der Waals surface area contributed by atoms with Gasteiger partial charge in [-0.3, -0.25) is 4.79 Å². The Balaban J connectivity index is 2.59. The van der Waals surface area contributed by atoms with Gasteiger partial charge in [-0.25, -0.2) is 0 Å². The van der Waals surface area contributed by atoms with E-state index in [1.165, 1.54) is 18.4 Å². The third-order valence-corrected chi connectivity index (χ3v) is 2.12. The fourth-order valence-corrected chi connectivity index (χ4v) is 1.42. The molecule has 11 heavy (non-hydrogen) atoms. The SMILES string of the molecule is CC1=C(OC=O)CCCCC1. The Morgan fingerprint density at radius 2 is 2.00 bits per heavy atom. The first-order valence-corrected chi connectivity index (χ1v) is 4.13. The van der Waals surface area contributed by atoms with Gasteiger partial charge in [-0.1, -0.05) is 6.42 Å². The first-order valence-electron chi connectivity index (χ1n) is 4.13. The number of hydrogen-bond acceptors (Lipinski definition) is 2. The molecule has 0 fully saturated rings. The first-order chi connectivity index (χ1) is 5.34. The van der Waals surface area contributed by atoms with Gasteiger partial charge in [-0.2, -0.15) is 0 Å². The zero-order chi connectivity index (χ0) is 8.10. The van der Waals surface area contributed by atoms with E-state index in [4.69, 9.17) is 4.74 Å². The fourth-order valence-electron chi connectivity index (χ4n) is 1.42. The van der Waals surface area contributed by atoms with Crippen LogP contribution in [0.4, 0.5) is 0 Å². The van der Waals surface area contributed by atoms with Crippen molar-refractivity contribution in [3.05, 3.63) is 11.3 Å². The van der Waals surface area contributed by atoms with Crippen LogP contribution in [0.3, 0.4) is 0 Å². The number of carbonyl (C=O) groups excluding carboxylic acids is 1. The van der Waals surface area contributed by atoms with Crippen molar-refractivity contribution >= 4 is 6.47 Å². The van der Waals surface area contributed by atoms with Crippen molar-refractivity contribution in [2.24, 2.45) is 0 Å². The lowest BCUT2D eigenvalue weighted by atomic mass is 10.1. The van der Waals surface area contributed by atoms with Crippen molar-refractivity contribution in [1.29, 1.82) is 0 Å². The lowest BCUT2D eigenvalue weighted by Crippen LogP contribution is -1.92. The fraction of sp³-hybridized carbons (Fsp3) is 0.667. The second kappa shape index (κ2) is 4.16. The molecule has 0 aromatic rings. The predicted molar refractivity (Wildman–Crippen MR) is 42.9 cm³/mol. The molecule has 62 valence electrons. The first kappa shape index (κ1) is 8.31. The number of allylic oxidation sites excluding steroid dienone is 2. The van der Waals surface area contributed by atoms with Gasteiger partial charge in [-0.05, 0) is 31.8 Å². The van der Waals surface area contributed by atoms with Crippen LogP contribution in [-0.2, 0) is 9.53 Å². The van der Waals surface area contributed by atoms with Gasteiger partial charge in [0.1, 0.15) is 5.76 Å². The van der Waals surface area contributed by atoms with Gasteiger partial charge in [0.25, 0.3) is 6.47 Å². The molecule has 0 spiro atoms. The quantitative estimate of drug-likeness (QED) is 0.571. The summed E-state index contributed by atoms with van der Waals surface area (Å²) in [6.45, 7) is 2.58. The van der Waals surface area contributed by atoms with Crippen LogP contribution in [0.1, 0.15) is 39.0 Å². The highest BCUT2D eigenvalue weighted by Gasteiger charge is 2.08. The highest BCUT2D eigenvalue weighted by Crippen LogP contribution is 2.23. The Morgan fingerprint density at radius 3 is 2.73 bits per heavy atom. The second-order valence-electron chi connectivity index (χ2n) is 2.98. The lowest BCUT2D eigenvalue weighted by Gasteiger charge is -2.04. The molecule has 0 saturated carbocycles. The van der Waals surface area contributed by atoms with Gasteiger partial charge in [0.05, 0.1) is 0 Å². The van der Waals surface area contributed by atoms with Crippen LogP contribution in [0.5, 0.6) is 0 Å². The third-order valence-electron chi connectivity index (χ3n) is 2.12. The molecular formula is C9H14O2. The summed E-state index contributed by atoms with van der Waals surface area (Å²) in [5.41, 5.74) is 1.25. The normalized spacial score (nSPS) is 19.4. The molecule has 0 aliphatic heterocycles. The summed E-state index contributed by atoms with van der Waals surface area (Å²) in [6.07, 6.45) is 5.66. The molecule has 1 aliphatic carbocycles. The summed E-state index contributed by atoms with van der Waals surface area (Å²) in [5, 5.41) is 0. The van der Waals surface area contributed by atoms with Crippen LogP contribution in [0.15, 0.2) is 11.3 Å². The van der Waals surface area contributed by atoms with E-state index in [0.717, 1.165) is 25.0 Å². The van der Waals surface area contributed by atoms with Crippen molar-refractivity contribution in [3.63, 3.8) is 0 Å². The highest BCUT2D eigenvalue weighted by atomic mass is 16.5. The maximum absolute atomic E-state index is 10.1. The molecule has 2 heteroatoms. The van der Waals surface area contributed by atoms with Crippen LogP contribution in [0, 0.1) is 0 Å². The van der Waals surface area contributed by atoms with E-state index < -0.39 is 0 Å². The molecule has 0 atom stereocenters. The molecule has 0 unspecified atom stereocenters. The summed E-state index contributed by atoms with van der Waals surface area (Å²) in [7, 11) is 0. The van der Waals surface area contributed by atoms with E-state index in [2.05, 4.69) is 0 Å². The lowest BCUT2D eigenvalue weighted by molar-refractivity contribution is -0.125. The van der Waals surface area contributed by atoms with E-state index in [9.17, 15) is 4.79 Å². The standard InChI is InChI=1S/C9H14O2/c1-8-5-3-2-4-6-9(8)11-7-10/h7H,2-6H2,1H3. The maximum Gasteiger partial charge on any atom is 0.298 e. The summed E-state index contributed by atoms with van der Waals surface area (Å²) in [5.74, 6) is 0.900. The minimum Gasteiger partial charge on any atom is -0.433 e. The Kier molecular flexibility index (Phi) is 3.14. The Hall–Kier alpha value is -0.790. The molecule has 0 N–H and O–H groups in total. The van der Waals surface area contributed by atoms with Crippen molar-refractivity contribution in [2.75, 3.05) is 0 Å². The van der Waals surface area contributed by atoms with Crippen LogP contribution in [-0.4, -0.2) is 6.47 Å². The Labute approximate surface area is 67.2 Å². The van der Waals surface area contributed by atoms with E-state index >= 15 is 0 Å². The topological polar surface area (TPSA) is 26.3 Å². The zero-order valence-electron chi connectivity index (χ0n) is 6.93. The summed E-state index contributed by atoms with van der Waals surface area (Å²) in [6, 6.07) is 0. The monoisotopic (exact) mass is 154 g/mol. The van der Waals surface area contributed by atoms with Crippen LogP contribution in [0.2, 0.25) is 0 Å². The molecule has 0 heterocycles. The van der Waals surface area contributed by atoms with Crippen molar-refractivity contribution in [1.82, 2.24) is 0 Å². The Bertz CT molecular complexity index is 170. The maximum atomic E-state index is 10.1. The number of ether oxygens (including phenoxy) is 1. The number of carbonyl (C=O) groups is 1. The molecule has 1 rings (SSSR count). The van der Waals surface area contributed by atoms with E-state index in [1.807, 2.05) is 6.92 Å². The molecular weight excluding hydrogens is 140 g/mol. The second-order valence-corrected chi connectivity index (χ2v) is 2.98. The van der Waals surface area contributed by atoms with Crippen molar-refractivity contribution < 1.29 is 9.53 Å². The molecule has 1 aliphatic rings. The van der Waals surface area contributed by atoms with E-state index in [-0.39, 0.29) is 0 Å². The third kappa shape index (κ3) is 2.37. The zero-order valence-corrected chi connectivity index (χ0v) is 6.93. The van der Waals surface area contributed by atoms with Gasteiger partial charge in [0.2, 0.25) is 0 Å². The largest absolute Gasteiger partial charge is 0.433 e. The minimum atomic E-state index is 0.532. The van der Waals surface area contributed by atoms with E-state index in [1.54, 1.807) is 0 Å². The average Bonchev–Trinajstić information content (AvgIpc) is 2.18. The molecule has 0 saturated heterocycles. The number of rotatable bonds is 2. The van der Waals surface area contributed by atoms with Gasteiger partial charge in [-0.15, -0.1) is 0 Å². The molecule has 0 aromatic heterocycles. The Morgan fingerprint density at radius 1 is 1.27 bits per heavy atom.